The summed E-state index contributed by atoms with van der Waals surface area (Å²) in [5.41, 5.74) is 2.43. The van der Waals surface area contributed by atoms with E-state index in [1.54, 1.807) is 7.11 Å². The summed E-state index contributed by atoms with van der Waals surface area (Å²) in [5.74, 6) is 0.920. The number of hydrogen-bond acceptors (Lipinski definition) is 2. The van der Waals surface area contributed by atoms with Crippen LogP contribution in [0.3, 0.4) is 0 Å². The van der Waals surface area contributed by atoms with Crippen molar-refractivity contribution in [2.45, 2.75) is 32.4 Å². The Kier molecular flexibility index (Phi) is 5.66. The van der Waals surface area contributed by atoms with E-state index < -0.39 is 0 Å². The first kappa shape index (κ1) is 15.9. The SMILES string of the molecule is CCC(NC(C)c1ccccc1OC)c1ccc(Cl)cc1. The number of methoxy groups -OCH3 is 1. The third-order valence-electron chi connectivity index (χ3n) is 3.74. The van der Waals surface area contributed by atoms with Crippen molar-refractivity contribution in [1.82, 2.24) is 5.32 Å². The van der Waals surface area contributed by atoms with Gasteiger partial charge < -0.3 is 10.1 Å². The van der Waals surface area contributed by atoms with Crippen LogP contribution in [-0.2, 0) is 0 Å². The Labute approximate surface area is 132 Å². The van der Waals surface area contributed by atoms with Crippen LogP contribution in [0.15, 0.2) is 48.5 Å². The zero-order valence-electron chi connectivity index (χ0n) is 12.8. The van der Waals surface area contributed by atoms with Crippen molar-refractivity contribution in [3.8, 4) is 5.75 Å². The Hall–Kier alpha value is -1.51. The Morgan fingerprint density at radius 2 is 1.76 bits per heavy atom. The molecule has 2 rings (SSSR count). The van der Waals surface area contributed by atoms with Gasteiger partial charge in [0.05, 0.1) is 7.11 Å². The first-order valence-electron chi connectivity index (χ1n) is 7.30. The maximum Gasteiger partial charge on any atom is 0.123 e. The van der Waals surface area contributed by atoms with Crippen molar-refractivity contribution < 1.29 is 4.74 Å². The summed E-state index contributed by atoms with van der Waals surface area (Å²) in [4.78, 5) is 0. The molecule has 2 aromatic carbocycles. The molecule has 0 bridgehead atoms. The van der Waals surface area contributed by atoms with Gasteiger partial charge in [0, 0.05) is 22.7 Å². The molecule has 2 unspecified atom stereocenters. The molecule has 0 aliphatic carbocycles. The number of benzene rings is 2. The third-order valence-corrected chi connectivity index (χ3v) is 3.99. The van der Waals surface area contributed by atoms with E-state index >= 15 is 0 Å². The second-order valence-corrected chi connectivity index (χ2v) is 5.58. The van der Waals surface area contributed by atoms with Crippen LogP contribution >= 0.6 is 11.6 Å². The highest BCUT2D eigenvalue weighted by Gasteiger charge is 2.16. The van der Waals surface area contributed by atoms with Gasteiger partial charge in [-0.15, -0.1) is 0 Å². The van der Waals surface area contributed by atoms with Crippen molar-refractivity contribution in [2.24, 2.45) is 0 Å². The molecule has 0 saturated heterocycles. The molecule has 3 heteroatoms. The second-order valence-electron chi connectivity index (χ2n) is 5.14. The average Bonchev–Trinajstić information content (AvgIpc) is 2.53. The molecule has 2 nitrogen and oxygen atoms in total. The van der Waals surface area contributed by atoms with Crippen molar-refractivity contribution >= 4 is 11.6 Å². The zero-order valence-corrected chi connectivity index (χ0v) is 13.5. The lowest BCUT2D eigenvalue weighted by atomic mass is 10.0. The van der Waals surface area contributed by atoms with E-state index in [2.05, 4.69) is 37.4 Å². The molecule has 21 heavy (non-hydrogen) atoms. The van der Waals surface area contributed by atoms with Crippen molar-refractivity contribution in [3.63, 3.8) is 0 Å². The number of para-hydroxylation sites is 1. The van der Waals surface area contributed by atoms with E-state index in [1.165, 1.54) is 11.1 Å². The summed E-state index contributed by atoms with van der Waals surface area (Å²) in [6.07, 6.45) is 1.02. The summed E-state index contributed by atoms with van der Waals surface area (Å²) >= 11 is 5.96. The lowest BCUT2D eigenvalue weighted by Crippen LogP contribution is -2.24. The van der Waals surface area contributed by atoms with Crippen LogP contribution < -0.4 is 10.1 Å². The molecule has 0 saturated carbocycles. The Balaban J connectivity index is 2.16. The molecule has 0 amide bonds. The monoisotopic (exact) mass is 303 g/mol. The predicted octanol–water partition coefficient (Wildman–Crippen LogP) is 5.15. The number of halogens is 1. The fourth-order valence-corrected chi connectivity index (χ4v) is 2.69. The van der Waals surface area contributed by atoms with Crippen molar-refractivity contribution in [1.29, 1.82) is 0 Å². The molecule has 0 heterocycles. The molecule has 2 atom stereocenters. The van der Waals surface area contributed by atoms with E-state index in [4.69, 9.17) is 16.3 Å². The lowest BCUT2D eigenvalue weighted by Gasteiger charge is -2.24. The number of rotatable bonds is 6. The summed E-state index contributed by atoms with van der Waals surface area (Å²) in [6, 6.07) is 16.7. The summed E-state index contributed by atoms with van der Waals surface area (Å²) in [7, 11) is 1.71. The van der Waals surface area contributed by atoms with Gasteiger partial charge in [-0.25, -0.2) is 0 Å². The van der Waals surface area contributed by atoms with Gasteiger partial charge in [0.25, 0.3) is 0 Å². The minimum absolute atomic E-state index is 0.210. The summed E-state index contributed by atoms with van der Waals surface area (Å²) in [5, 5.41) is 4.44. The van der Waals surface area contributed by atoms with Gasteiger partial charge in [-0.2, -0.15) is 0 Å². The molecule has 0 spiro atoms. The normalized spacial score (nSPS) is 13.7. The smallest absolute Gasteiger partial charge is 0.123 e. The molecule has 2 aromatic rings. The van der Waals surface area contributed by atoms with Crippen LogP contribution in [0.2, 0.25) is 5.02 Å². The quantitative estimate of drug-likeness (QED) is 0.796. The lowest BCUT2D eigenvalue weighted by molar-refractivity contribution is 0.392. The van der Waals surface area contributed by atoms with Gasteiger partial charge in [-0.05, 0) is 37.1 Å². The van der Waals surface area contributed by atoms with E-state index in [1.807, 2.05) is 30.3 Å². The first-order valence-corrected chi connectivity index (χ1v) is 7.68. The Bertz CT molecular complexity index is 568. The molecular weight excluding hydrogens is 282 g/mol. The van der Waals surface area contributed by atoms with Crippen LogP contribution in [0, 0.1) is 0 Å². The van der Waals surface area contributed by atoms with E-state index in [9.17, 15) is 0 Å². The molecule has 0 aliphatic heterocycles. The number of ether oxygens (including phenoxy) is 1. The van der Waals surface area contributed by atoms with E-state index in [0.717, 1.165) is 17.2 Å². The maximum absolute atomic E-state index is 5.96. The number of nitrogens with one attached hydrogen (secondary N) is 1. The topological polar surface area (TPSA) is 21.3 Å². The third kappa shape index (κ3) is 3.99. The maximum atomic E-state index is 5.96. The number of hydrogen-bond donors (Lipinski definition) is 1. The largest absolute Gasteiger partial charge is 0.496 e. The Morgan fingerprint density at radius 1 is 1.10 bits per heavy atom. The minimum atomic E-state index is 0.210. The van der Waals surface area contributed by atoms with Crippen LogP contribution in [0.1, 0.15) is 43.5 Å². The van der Waals surface area contributed by atoms with Crippen LogP contribution in [0.5, 0.6) is 5.75 Å². The van der Waals surface area contributed by atoms with E-state index in [0.29, 0.717) is 6.04 Å². The molecule has 0 aromatic heterocycles. The Morgan fingerprint density at radius 3 is 2.38 bits per heavy atom. The van der Waals surface area contributed by atoms with Gasteiger partial charge in [0.2, 0.25) is 0 Å². The van der Waals surface area contributed by atoms with Crippen molar-refractivity contribution in [3.05, 3.63) is 64.7 Å². The van der Waals surface area contributed by atoms with Gasteiger partial charge in [-0.1, -0.05) is 48.9 Å². The summed E-state index contributed by atoms with van der Waals surface area (Å²) in [6.45, 7) is 4.34. The molecule has 0 aliphatic rings. The van der Waals surface area contributed by atoms with Gasteiger partial charge in [-0.3, -0.25) is 0 Å². The highest BCUT2D eigenvalue weighted by atomic mass is 35.5. The van der Waals surface area contributed by atoms with Gasteiger partial charge in [0.15, 0.2) is 0 Å². The summed E-state index contributed by atoms with van der Waals surface area (Å²) < 4.78 is 5.45. The molecule has 0 fully saturated rings. The van der Waals surface area contributed by atoms with Crippen molar-refractivity contribution in [2.75, 3.05) is 7.11 Å². The zero-order chi connectivity index (χ0) is 15.2. The fourth-order valence-electron chi connectivity index (χ4n) is 2.56. The predicted molar refractivity (Wildman–Crippen MR) is 89.0 cm³/mol. The van der Waals surface area contributed by atoms with Gasteiger partial charge in [0.1, 0.15) is 5.75 Å². The molecular formula is C18H22ClNO. The van der Waals surface area contributed by atoms with Crippen LogP contribution in [0.4, 0.5) is 0 Å². The van der Waals surface area contributed by atoms with Crippen LogP contribution in [0.25, 0.3) is 0 Å². The van der Waals surface area contributed by atoms with Crippen LogP contribution in [-0.4, -0.2) is 7.11 Å². The molecule has 0 radical (unpaired) electrons. The average molecular weight is 304 g/mol. The highest BCUT2D eigenvalue weighted by Crippen LogP contribution is 2.28. The standard InChI is InChI=1S/C18H22ClNO/c1-4-17(14-9-11-15(19)12-10-14)20-13(2)16-7-5-6-8-18(16)21-3/h5-13,17,20H,4H2,1-3H3. The fraction of sp³-hybridized carbons (Fsp3) is 0.333. The highest BCUT2D eigenvalue weighted by molar-refractivity contribution is 6.30. The molecule has 1 N–H and O–H groups in total. The van der Waals surface area contributed by atoms with Gasteiger partial charge >= 0.3 is 0 Å². The minimum Gasteiger partial charge on any atom is -0.496 e. The van der Waals surface area contributed by atoms with E-state index in [-0.39, 0.29) is 6.04 Å². The second kappa shape index (κ2) is 7.48. The first-order chi connectivity index (χ1) is 10.2. The molecule has 112 valence electrons.